The second-order valence-corrected chi connectivity index (χ2v) is 4.58. The van der Waals surface area contributed by atoms with E-state index in [2.05, 4.69) is 11.8 Å². The number of methoxy groups -OCH3 is 1. The number of hydrogen-bond acceptors (Lipinski definition) is 3. The number of halogens is 1. The quantitative estimate of drug-likeness (QED) is 0.805. The molecule has 0 radical (unpaired) electrons. The SMILES string of the molecule is COc1cc(N2CCCCC2C)c(F)cc1N. The van der Waals surface area contributed by atoms with Gasteiger partial charge in [-0.25, -0.2) is 4.39 Å². The van der Waals surface area contributed by atoms with Crippen LogP contribution in [0.5, 0.6) is 5.75 Å². The van der Waals surface area contributed by atoms with Crippen LogP contribution in [-0.4, -0.2) is 19.7 Å². The maximum atomic E-state index is 13.9. The van der Waals surface area contributed by atoms with Crippen molar-refractivity contribution >= 4 is 11.4 Å². The van der Waals surface area contributed by atoms with E-state index in [1.54, 1.807) is 13.2 Å². The molecule has 0 amide bonds. The van der Waals surface area contributed by atoms with Gasteiger partial charge in [0.15, 0.2) is 0 Å². The van der Waals surface area contributed by atoms with Gasteiger partial charge in [-0.1, -0.05) is 0 Å². The lowest BCUT2D eigenvalue weighted by atomic mass is 10.0. The van der Waals surface area contributed by atoms with E-state index in [4.69, 9.17) is 10.5 Å². The van der Waals surface area contributed by atoms with Gasteiger partial charge in [0.1, 0.15) is 11.6 Å². The van der Waals surface area contributed by atoms with Crippen molar-refractivity contribution in [2.45, 2.75) is 32.2 Å². The number of hydrogen-bond donors (Lipinski definition) is 1. The largest absolute Gasteiger partial charge is 0.495 e. The fraction of sp³-hybridized carbons (Fsp3) is 0.538. The highest BCUT2D eigenvalue weighted by Crippen LogP contribution is 2.33. The van der Waals surface area contributed by atoms with E-state index in [1.807, 2.05) is 0 Å². The highest BCUT2D eigenvalue weighted by Gasteiger charge is 2.22. The number of benzene rings is 1. The van der Waals surface area contributed by atoms with E-state index in [0.29, 0.717) is 23.2 Å². The third-order valence-electron chi connectivity index (χ3n) is 3.41. The van der Waals surface area contributed by atoms with Gasteiger partial charge in [0.2, 0.25) is 0 Å². The molecule has 1 saturated heterocycles. The molecule has 0 bridgehead atoms. The Labute approximate surface area is 101 Å². The molecule has 1 heterocycles. The molecule has 0 aromatic heterocycles. The van der Waals surface area contributed by atoms with Gasteiger partial charge >= 0.3 is 0 Å². The van der Waals surface area contributed by atoms with Gasteiger partial charge in [0.05, 0.1) is 18.5 Å². The minimum absolute atomic E-state index is 0.267. The van der Waals surface area contributed by atoms with Gasteiger partial charge in [0.25, 0.3) is 0 Å². The number of nitrogens with zero attached hydrogens (tertiary/aromatic N) is 1. The summed E-state index contributed by atoms with van der Waals surface area (Å²) in [6.45, 7) is 3.02. The number of piperidine rings is 1. The van der Waals surface area contributed by atoms with Gasteiger partial charge in [-0.15, -0.1) is 0 Å². The van der Waals surface area contributed by atoms with E-state index < -0.39 is 0 Å². The summed E-state index contributed by atoms with van der Waals surface area (Å²) in [6, 6.07) is 3.41. The molecule has 0 saturated carbocycles. The Morgan fingerprint density at radius 3 is 2.82 bits per heavy atom. The molecule has 1 aromatic rings. The monoisotopic (exact) mass is 238 g/mol. The standard InChI is InChI=1S/C13H19FN2O/c1-9-5-3-4-6-16(9)12-8-13(17-2)11(15)7-10(12)14/h7-9H,3-6,15H2,1-2H3. The molecule has 1 atom stereocenters. The molecular weight excluding hydrogens is 219 g/mol. The highest BCUT2D eigenvalue weighted by molar-refractivity contribution is 5.63. The van der Waals surface area contributed by atoms with Gasteiger partial charge in [-0.05, 0) is 26.2 Å². The molecule has 2 N–H and O–H groups in total. The van der Waals surface area contributed by atoms with Crippen molar-refractivity contribution in [3.8, 4) is 5.75 Å². The Kier molecular flexibility index (Phi) is 3.41. The van der Waals surface area contributed by atoms with Crippen molar-refractivity contribution in [3.63, 3.8) is 0 Å². The van der Waals surface area contributed by atoms with Crippen LogP contribution in [0.4, 0.5) is 15.8 Å². The number of nitrogens with two attached hydrogens (primary N) is 1. The van der Waals surface area contributed by atoms with Crippen LogP contribution < -0.4 is 15.4 Å². The van der Waals surface area contributed by atoms with Gasteiger partial charge < -0.3 is 15.4 Å². The van der Waals surface area contributed by atoms with Crippen LogP contribution >= 0.6 is 0 Å². The van der Waals surface area contributed by atoms with Gasteiger partial charge in [-0.2, -0.15) is 0 Å². The van der Waals surface area contributed by atoms with Crippen LogP contribution in [0.25, 0.3) is 0 Å². The first kappa shape index (κ1) is 12.0. The van der Waals surface area contributed by atoms with Crippen molar-refractivity contribution < 1.29 is 9.13 Å². The number of anilines is 2. The molecule has 94 valence electrons. The average molecular weight is 238 g/mol. The first-order chi connectivity index (χ1) is 8.13. The molecule has 3 nitrogen and oxygen atoms in total. The van der Waals surface area contributed by atoms with Crippen LogP contribution in [-0.2, 0) is 0 Å². The topological polar surface area (TPSA) is 38.5 Å². The highest BCUT2D eigenvalue weighted by atomic mass is 19.1. The molecule has 4 heteroatoms. The lowest BCUT2D eigenvalue weighted by Crippen LogP contribution is -2.38. The summed E-state index contributed by atoms with van der Waals surface area (Å²) in [7, 11) is 1.55. The van der Waals surface area contributed by atoms with Crippen molar-refractivity contribution in [1.82, 2.24) is 0 Å². The second kappa shape index (κ2) is 4.82. The normalized spacial score (nSPS) is 20.4. The summed E-state index contributed by atoms with van der Waals surface area (Å²) >= 11 is 0. The van der Waals surface area contributed by atoms with Crippen LogP contribution in [0.3, 0.4) is 0 Å². The summed E-state index contributed by atoms with van der Waals surface area (Å²) in [6.07, 6.45) is 3.42. The summed E-state index contributed by atoms with van der Waals surface area (Å²) in [5.74, 6) is 0.274. The number of rotatable bonds is 2. The zero-order chi connectivity index (χ0) is 12.4. The van der Waals surface area contributed by atoms with E-state index >= 15 is 0 Å². The second-order valence-electron chi connectivity index (χ2n) is 4.58. The first-order valence-electron chi connectivity index (χ1n) is 6.03. The van der Waals surface area contributed by atoms with E-state index in [-0.39, 0.29) is 5.82 Å². The van der Waals surface area contributed by atoms with Crippen molar-refractivity contribution in [2.75, 3.05) is 24.3 Å². The minimum atomic E-state index is -0.267. The third kappa shape index (κ3) is 2.30. The molecule has 1 fully saturated rings. The predicted octanol–water partition coefficient (Wildman–Crippen LogP) is 2.80. The van der Waals surface area contributed by atoms with E-state index in [0.717, 1.165) is 19.4 Å². The van der Waals surface area contributed by atoms with Gasteiger partial charge in [-0.3, -0.25) is 0 Å². The van der Waals surface area contributed by atoms with Crippen LogP contribution in [0.1, 0.15) is 26.2 Å². The molecule has 1 unspecified atom stereocenters. The van der Waals surface area contributed by atoms with Crippen molar-refractivity contribution in [1.29, 1.82) is 0 Å². The zero-order valence-corrected chi connectivity index (χ0v) is 10.4. The van der Waals surface area contributed by atoms with Crippen molar-refractivity contribution in [3.05, 3.63) is 17.9 Å². The lowest BCUT2D eigenvalue weighted by molar-refractivity contribution is 0.414. The maximum absolute atomic E-state index is 13.9. The van der Waals surface area contributed by atoms with E-state index in [1.165, 1.54) is 12.5 Å². The molecule has 0 spiro atoms. The molecular formula is C13H19FN2O. The van der Waals surface area contributed by atoms with E-state index in [9.17, 15) is 4.39 Å². The average Bonchev–Trinajstić information content (AvgIpc) is 2.31. The predicted molar refractivity (Wildman–Crippen MR) is 68.0 cm³/mol. The fourth-order valence-corrected chi connectivity index (χ4v) is 2.41. The Hall–Kier alpha value is -1.45. The summed E-state index contributed by atoms with van der Waals surface area (Å²) < 4.78 is 19.1. The smallest absolute Gasteiger partial charge is 0.148 e. The van der Waals surface area contributed by atoms with Crippen LogP contribution in [0.2, 0.25) is 0 Å². The Balaban J connectivity index is 2.36. The molecule has 17 heavy (non-hydrogen) atoms. The Morgan fingerprint density at radius 2 is 2.18 bits per heavy atom. The fourth-order valence-electron chi connectivity index (χ4n) is 2.41. The zero-order valence-electron chi connectivity index (χ0n) is 10.4. The minimum Gasteiger partial charge on any atom is -0.495 e. The molecule has 0 aliphatic carbocycles. The Bertz CT molecular complexity index is 409. The molecule has 2 rings (SSSR count). The third-order valence-corrected chi connectivity index (χ3v) is 3.41. The Morgan fingerprint density at radius 1 is 1.41 bits per heavy atom. The number of nitrogen functional groups attached to an aromatic ring is 1. The maximum Gasteiger partial charge on any atom is 0.148 e. The summed E-state index contributed by atoms with van der Waals surface area (Å²) in [4.78, 5) is 2.10. The van der Waals surface area contributed by atoms with Crippen LogP contribution in [0.15, 0.2) is 12.1 Å². The summed E-state index contributed by atoms with van der Waals surface area (Å²) in [5.41, 5.74) is 6.63. The first-order valence-corrected chi connectivity index (χ1v) is 6.03. The van der Waals surface area contributed by atoms with Crippen molar-refractivity contribution in [2.24, 2.45) is 0 Å². The molecule has 1 aromatic carbocycles. The summed E-state index contributed by atoms with van der Waals surface area (Å²) in [5, 5.41) is 0. The lowest BCUT2D eigenvalue weighted by Gasteiger charge is -2.35. The molecule has 1 aliphatic heterocycles. The molecule has 1 aliphatic rings. The van der Waals surface area contributed by atoms with Gasteiger partial charge in [0, 0.05) is 24.7 Å². The van der Waals surface area contributed by atoms with Crippen LogP contribution in [0, 0.1) is 5.82 Å². The number of ether oxygens (including phenoxy) is 1.